The van der Waals surface area contributed by atoms with Gasteiger partial charge >= 0.3 is 0 Å². The van der Waals surface area contributed by atoms with E-state index in [1.165, 1.54) is 0 Å². The van der Waals surface area contributed by atoms with Crippen LogP contribution in [0.1, 0.15) is 37.3 Å². The van der Waals surface area contributed by atoms with Gasteiger partial charge in [-0.1, -0.05) is 35.3 Å². The molecular formula is C26H26Cl2N2O5S. The Hall–Kier alpha value is -2.68. The molecule has 2 aliphatic heterocycles. The van der Waals surface area contributed by atoms with Gasteiger partial charge in [-0.15, -0.1) is 0 Å². The first-order valence-electron chi connectivity index (χ1n) is 11.7. The lowest BCUT2D eigenvalue weighted by atomic mass is 10.1. The molecule has 0 spiro atoms. The largest absolute Gasteiger partial charge is 0.490 e. The highest BCUT2D eigenvalue weighted by atomic mass is 35.5. The Kier molecular flexibility index (Phi) is 8.82. The van der Waals surface area contributed by atoms with Gasteiger partial charge in [0.15, 0.2) is 11.5 Å². The minimum absolute atomic E-state index is 0.155. The number of carbonyl (C=O) groups is 3. The second-order valence-corrected chi connectivity index (χ2v) is 10.1. The summed E-state index contributed by atoms with van der Waals surface area (Å²) in [7, 11) is 0. The van der Waals surface area contributed by atoms with Gasteiger partial charge in [-0.05, 0) is 73.9 Å². The Labute approximate surface area is 224 Å². The van der Waals surface area contributed by atoms with Crippen LogP contribution in [-0.2, 0) is 16.2 Å². The van der Waals surface area contributed by atoms with E-state index in [2.05, 4.69) is 0 Å². The fraction of sp³-hybridized carbons (Fsp3) is 0.346. The van der Waals surface area contributed by atoms with E-state index < -0.39 is 11.1 Å². The second-order valence-electron chi connectivity index (χ2n) is 8.34. The Morgan fingerprint density at radius 1 is 1.03 bits per heavy atom. The molecule has 190 valence electrons. The minimum Gasteiger partial charge on any atom is -0.490 e. The van der Waals surface area contributed by atoms with Crippen LogP contribution in [0.25, 0.3) is 6.08 Å². The van der Waals surface area contributed by atoms with Crippen molar-refractivity contribution in [3.8, 4) is 11.5 Å². The zero-order valence-electron chi connectivity index (χ0n) is 19.8. The van der Waals surface area contributed by atoms with E-state index in [9.17, 15) is 14.4 Å². The molecule has 7 nitrogen and oxygen atoms in total. The first kappa shape index (κ1) is 26.4. The number of rotatable bonds is 8. The normalized spacial score (nSPS) is 17.1. The number of imide groups is 1. The van der Waals surface area contributed by atoms with Crippen LogP contribution < -0.4 is 9.47 Å². The van der Waals surface area contributed by atoms with Gasteiger partial charge in [-0.3, -0.25) is 19.3 Å². The smallest absolute Gasteiger partial charge is 0.294 e. The number of halogens is 2. The van der Waals surface area contributed by atoms with Crippen LogP contribution in [0.2, 0.25) is 10.0 Å². The maximum absolute atomic E-state index is 12.9. The van der Waals surface area contributed by atoms with Gasteiger partial charge in [0.1, 0.15) is 13.2 Å². The molecule has 10 heteroatoms. The summed E-state index contributed by atoms with van der Waals surface area (Å²) in [6, 6.07) is 10.5. The molecule has 36 heavy (non-hydrogen) atoms. The first-order chi connectivity index (χ1) is 17.4. The summed E-state index contributed by atoms with van der Waals surface area (Å²) >= 11 is 13.3. The van der Waals surface area contributed by atoms with Gasteiger partial charge in [0.25, 0.3) is 11.1 Å². The van der Waals surface area contributed by atoms with Crippen LogP contribution in [0, 0.1) is 0 Å². The number of thioether (sulfide) groups is 1. The van der Waals surface area contributed by atoms with Crippen LogP contribution in [0.5, 0.6) is 11.5 Å². The van der Waals surface area contributed by atoms with Gasteiger partial charge in [0.05, 0.1) is 11.5 Å². The Morgan fingerprint density at radius 2 is 1.75 bits per heavy atom. The molecule has 0 bridgehead atoms. The average molecular weight is 549 g/mol. The Morgan fingerprint density at radius 3 is 2.44 bits per heavy atom. The van der Waals surface area contributed by atoms with Crippen LogP contribution in [0.3, 0.4) is 0 Å². The fourth-order valence-corrected chi connectivity index (χ4v) is 5.33. The lowest BCUT2D eigenvalue weighted by Gasteiger charge is -2.27. The van der Waals surface area contributed by atoms with Crippen molar-refractivity contribution in [2.24, 2.45) is 0 Å². The number of ether oxygens (including phenoxy) is 2. The summed E-state index contributed by atoms with van der Waals surface area (Å²) < 4.78 is 11.7. The molecule has 2 saturated heterocycles. The van der Waals surface area contributed by atoms with Crippen molar-refractivity contribution in [3.05, 3.63) is 62.5 Å². The van der Waals surface area contributed by atoms with Crippen LogP contribution in [0.15, 0.2) is 41.3 Å². The molecular weight excluding hydrogens is 523 g/mol. The van der Waals surface area contributed by atoms with E-state index in [0.717, 1.165) is 35.9 Å². The molecule has 0 unspecified atom stereocenters. The van der Waals surface area contributed by atoms with Gasteiger partial charge < -0.3 is 14.4 Å². The monoisotopic (exact) mass is 548 g/mol. The van der Waals surface area contributed by atoms with Crippen molar-refractivity contribution < 1.29 is 23.9 Å². The number of carbonyl (C=O) groups excluding carboxylic acids is 3. The lowest BCUT2D eigenvalue weighted by molar-refractivity contribution is -0.136. The van der Waals surface area contributed by atoms with E-state index in [4.69, 9.17) is 32.7 Å². The molecule has 3 amide bonds. The molecule has 2 aromatic carbocycles. The number of hydrogen-bond donors (Lipinski definition) is 0. The zero-order valence-corrected chi connectivity index (χ0v) is 22.1. The highest BCUT2D eigenvalue weighted by Gasteiger charge is 2.37. The average Bonchev–Trinajstić information content (AvgIpc) is 3.12. The quantitative estimate of drug-likeness (QED) is 0.375. The fourth-order valence-electron chi connectivity index (χ4n) is 3.99. The third-order valence-electron chi connectivity index (χ3n) is 5.87. The molecule has 2 aliphatic rings. The number of piperidine rings is 1. The van der Waals surface area contributed by atoms with E-state index in [0.29, 0.717) is 52.4 Å². The third kappa shape index (κ3) is 6.17. The summed E-state index contributed by atoms with van der Waals surface area (Å²) in [6.07, 6.45) is 4.60. The van der Waals surface area contributed by atoms with E-state index in [1.807, 2.05) is 6.92 Å². The molecule has 0 aromatic heterocycles. The number of benzene rings is 2. The van der Waals surface area contributed by atoms with Crippen LogP contribution in [-0.4, -0.2) is 53.1 Å². The van der Waals surface area contributed by atoms with Crippen molar-refractivity contribution in [1.29, 1.82) is 0 Å². The molecule has 4 rings (SSSR count). The van der Waals surface area contributed by atoms with Gasteiger partial charge in [-0.2, -0.15) is 0 Å². The van der Waals surface area contributed by atoms with Crippen molar-refractivity contribution >= 4 is 58.1 Å². The van der Waals surface area contributed by atoms with E-state index in [1.54, 1.807) is 47.4 Å². The summed E-state index contributed by atoms with van der Waals surface area (Å²) in [6.45, 7) is 3.52. The molecule has 0 aliphatic carbocycles. The Bertz CT molecular complexity index is 1180. The van der Waals surface area contributed by atoms with Gasteiger partial charge in [-0.25, -0.2) is 0 Å². The van der Waals surface area contributed by atoms with E-state index in [-0.39, 0.29) is 24.0 Å². The summed E-state index contributed by atoms with van der Waals surface area (Å²) in [5, 5.41) is 0.566. The van der Waals surface area contributed by atoms with E-state index >= 15 is 0 Å². The standard InChI is InChI=1S/C26H26Cl2N2O5S/c1-2-34-22-13-17(9-10-21(22)35-16-18-19(27)7-6-8-20(18)28)14-23-25(32)30(26(33)36-23)15-24(31)29-11-4-3-5-12-29/h6-10,13-14H,2-5,11-12,15-16H2,1H3/b23-14-. The maximum atomic E-state index is 12.9. The summed E-state index contributed by atoms with van der Waals surface area (Å²) in [5.74, 6) is 0.304. The zero-order chi connectivity index (χ0) is 25.7. The minimum atomic E-state index is -0.470. The maximum Gasteiger partial charge on any atom is 0.294 e. The first-order valence-corrected chi connectivity index (χ1v) is 13.3. The number of hydrogen-bond acceptors (Lipinski definition) is 6. The SMILES string of the molecule is CCOc1cc(/C=C2\SC(=O)N(CC(=O)N3CCCCC3)C2=O)ccc1OCc1c(Cl)cccc1Cl. The topological polar surface area (TPSA) is 76.2 Å². The molecule has 0 atom stereocenters. The predicted molar refractivity (Wildman–Crippen MR) is 142 cm³/mol. The third-order valence-corrected chi connectivity index (χ3v) is 7.49. The molecule has 2 fully saturated rings. The number of likely N-dealkylation sites (tertiary alicyclic amines) is 1. The Balaban J connectivity index is 1.47. The van der Waals surface area contributed by atoms with Gasteiger partial charge in [0, 0.05) is 28.7 Å². The highest BCUT2D eigenvalue weighted by molar-refractivity contribution is 8.18. The molecule has 0 radical (unpaired) electrons. The summed E-state index contributed by atoms with van der Waals surface area (Å²) in [4.78, 5) is 41.0. The number of amides is 3. The summed E-state index contributed by atoms with van der Waals surface area (Å²) in [5.41, 5.74) is 1.33. The second kappa shape index (κ2) is 12.0. The lowest BCUT2D eigenvalue weighted by Crippen LogP contribution is -2.44. The molecule has 0 saturated carbocycles. The van der Waals surface area contributed by atoms with Crippen molar-refractivity contribution in [1.82, 2.24) is 9.80 Å². The van der Waals surface area contributed by atoms with Crippen LogP contribution >= 0.6 is 35.0 Å². The highest BCUT2D eigenvalue weighted by Crippen LogP contribution is 2.35. The van der Waals surface area contributed by atoms with Gasteiger partial charge in [0.2, 0.25) is 5.91 Å². The van der Waals surface area contributed by atoms with Crippen molar-refractivity contribution in [2.75, 3.05) is 26.2 Å². The van der Waals surface area contributed by atoms with Crippen molar-refractivity contribution in [3.63, 3.8) is 0 Å². The molecule has 2 heterocycles. The molecule has 2 aromatic rings. The number of nitrogens with zero attached hydrogens (tertiary/aromatic N) is 2. The van der Waals surface area contributed by atoms with Crippen molar-refractivity contribution in [2.45, 2.75) is 32.8 Å². The van der Waals surface area contributed by atoms with Crippen LogP contribution in [0.4, 0.5) is 4.79 Å². The predicted octanol–water partition coefficient (Wildman–Crippen LogP) is 6.02. The molecule has 0 N–H and O–H groups in total.